The lowest BCUT2D eigenvalue weighted by molar-refractivity contribution is 0.245. The Morgan fingerprint density at radius 3 is 2.67 bits per heavy atom. The minimum Gasteiger partial charge on any atom is -0.496 e. The Kier molecular flexibility index (Phi) is 3.42. The maximum absolute atomic E-state index is 13.8. The third kappa shape index (κ3) is 1.82. The summed E-state index contributed by atoms with van der Waals surface area (Å²) < 4.78 is 19.1. The molecular formula is C13H13ClFNO2. The second-order valence-electron chi connectivity index (χ2n) is 4.49. The number of isocyanates is 1. The molecule has 2 rings (SSSR count). The molecule has 0 unspecified atom stereocenters. The molecule has 0 bridgehead atoms. The van der Waals surface area contributed by atoms with E-state index < -0.39 is 11.4 Å². The summed E-state index contributed by atoms with van der Waals surface area (Å²) in [6, 6.07) is 1.32. The van der Waals surface area contributed by atoms with E-state index in [9.17, 15) is 9.18 Å². The Hall–Kier alpha value is -1.38. The highest BCUT2D eigenvalue weighted by Crippen LogP contribution is 2.52. The van der Waals surface area contributed by atoms with E-state index in [2.05, 4.69) is 4.99 Å². The molecule has 96 valence electrons. The van der Waals surface area contributed by atoms with E-state index in [1.807, 2.05) is 0 Å². The van der Waals surface area contributed by atoms with Crippen molar-refractivity contribution in [2.24, 2.45) is 4.99 Å². The minimum absolute atomic E-state index is 0.0175. The monoisotopic (exact) mass is 269 g/mol. The van der Waals surface area contributed by atoms with Gasteiger partial charge in [-0.3, -0.25) is 0 Å². The lowest BCUT2D eigenvalue weighted by Gasteiger charge is -2.38. The molecular weight excluding hydrogens is 257 g/mol. The van der Waals surface area contributed by atoms with Gasteiger partial charge in [0, 0.05) is 5.56 Å². The Morgan fingerprint density at radius 1 is 1.56 bits per heavy atom. The van der Waals surface area contributed by atoms with Crippen LogP contribution in [0, 0.1) is 12.7 Å². The van der Waals surface area contributed by atoms with Crippen molar-refractivity contribution in [3.05, 3.63) is 28.0 Å². The van der Waals surface area contributed by atoms with E-state index in [4.69, 9.17) is 16.3 Å². The third-order valence-corrected chi connectivity index (χ3v) is 3.84. The van der Waals surface area contributed by atoms with E-state index in [-0.39, 0.29) is 5.02 Å². The lowest BCUT2D eigenvalue weighted by Crippen LogP contribution is -2.33. The summed E-state index contributed by atoms with van der Waals surface area (Å²) in [5.74, 6) is -0.0163. The fourth-order valence-corrected chi connectivity index (χ4v) is 2.75. The molecule has 1 fully saturated rings. The van der Waals surface area contributed by atoms with E-state index in [1.54, 1.807) is 13.0 Å². The van der Waals surface area contributed by atoms with Crippen molar-refractivity contribution < 1.29 is 13.9 Å². The SMILES string of the molecule is COc1c(C)cc(F)c(Cl)c1C1(N=C=O)CCC1. The Balaban J connectivity index is 2.72. The number of benzene rings is 1. The van der Waals surface area contributed by atoms with Crippen LogP contribution in [0.4, 0.5) is 4.39 Å². The number of aryl methyl sites for hydroxylation is 1. The average molecular weight is 270 g/mol. The van der Waals surface area contributed by atoms with Crippen LogP contribution in [0.5, 0.6) is 5.75 Å². The van der Waals surface area contributed by atoms with Gasteiger partial charge in [-0.15, -0.1) is 0 Å². The largest absolute Gasteiger partial charge is 0.496 e. The van der Waals surface area contributed by atoms with Crippen LogP contribution in [-0.2, 0) is 10.3 Å². The standard InChI is InChI=1S/C13H13ClFNO2/c1-8-6-9(15)11(14)10(12(8)18-2)13(16-7-17)4-3-5-13/h6H,3-5H2,1-2H3. The van der Waals surface area contributed by atoms with E-state index in [1.165, 1.54) is 13.2 Å². The maximum atomic E-state index is 13.8. The van der Waals surface area contributed by atoms with Gasteiger partial charge in [0.1, 0.15) is 17.1 Å². The highest BCUT2D eigenvalue weighted by atomic mass is 35.5. The van der Waals surface area contributed by atoms with Crippen LogP contribution in [0.2, 0.25) is 5.02 Å². The summed E-state index contributed by atoms with van der Waals surface area (Å²) in [7, 11) is 1.50. The normalized spacial score (nSPS) is 16.7. The fraction of sp³-hybridized carbons (Fsp3) is 0.462. The maximum Gasteiger partial charge on any atom is 0.235 e. The minimum atomic E-state index is -0.767. The molecule has 18 heavy (non-hydrogen) atoms. The molecule has 5 heteroatoms. The van der Waals surface area contributed by atoms with Crippen molar-refractivity contribution in [2.75, 3.05) is 7.11 Å². The molecule has 1 saturated carbocycles. The topological polar surface area (TPSA) is 38.7 Å². The first-order valence-corrected chi connectivity index (χ1v) is 6.05. The van der Waals surface area contributed by atoms with Gasteiger partial charge in [-0.1, -0.05) is 11.6 Å². The Morgan fingerprint density at radius 2 is 2.22 bits per heavy atom. The number of hydrogen-bond donors (Lipinski definition) is 0. The van der Waals surface area contributed by atoms with Crippen LogP contribution >= 0.6 is 11.6 Å². The van der Waals surface area contributed by atoms with Gasteiger partial charge < -0.3 is 4.74 Å². The third-order valence-electron chi connectivity index (χ3n) is 3.47. The van der Waals surface area contributed by atoms with E-state index in [0.717, 1.165) is 6.42 Å². The second-order valence-corrected chi connectivity index (χ2v) is 4.86. The zero-order valence-electron chi connectivity index (χ0n) is 10.2. The number of hydrogen-bond acceptors (Lipinski definition) is 3. The highest BCUT2D eigenvalue weighted by molar-refractivity contribution is 6.32. The van der Waals surface area contributed by atoms with Crippen LogP contribution in [-0.4, -0.2) is 13.2 Å². The molecule has 0 amide bonds. The van der Waals surface area contributed by atoms with Gasteiger partial charge in [0.05, 0.1) is 12.1 Å². The molecule has 1 aromatic carbocycles. The first-order chi connectivity index (χ1) is 8.55. The summed E-state index contributed by atoms with van der Waals surface area (Å²) >= 11 is 6.04. The summed E-state index contributed by atoms with van der Waals surface area (Å²) in [5.41, 5.74) is 0.345. The van der Waals surface area contributed by atoms with Gasteiger partial charge in [-0.05, 0) is 37.8 Å². The van der Waals surface area contributed by atoms with Crippen molar-refractivity contribution in [1.29, 1.82) is 0 Å². The number of carbonyl (C=O) groups excluding carboxylic acids is 1. The molecule has 0 aliphatic heterocycles. The molecule has 1 aliphatic carbocycles. The molecule has 0 saturated heterocycles. The summed E-state index contributed by atoms with van der Waals surface area (Å²) in [6.45, 7) is 1.73. The lowest BCUT2D eigenvalue weighted by atomic mass is 9.71. The Labute approximate surface area is 110 Å². The second kappa shape index (κ2) is 4.71. The highest BCUT2D eigenvalue weighted by Gasteiger charge is 2.43. The summed E-state index contributed by atoms with van der Waals surface area (Å²) in [6.07, 6.45) is 3.79. The molecule has 0 radical (unpaired) electrons. The first kappa shape index (κ1) is 13.1. The molecule has 0 aromatic heterocycles. The number of halogens is 2. The first-order valence-electron chi connectivity index (χ1n) is 5.68. The van der Waals surface area contributed by atoms with Crippen LogP contribution < -0.4 is 4.74 Å². The van der Waals surface area contributed by atoms with Crippen LogP contribution in [0.3, 0.4) is 0 Å². The fourth-order valence-electron chi connectivity index (χ4n) is 2.43. The van der Waals surface area contributed by atoms with Gasteiger partial charge in [0.15, 0.2) is 0 Å². The van der Waals surface area contributed by atoms with Gasteiger partial charge >= 0.3 is 0 Å². The zero-order valence-corrected chi connectivity index (χ0v) is 11.0. The molecule has 1 aromatic rings. The van der Waals surface area contributed by atoms with Gasteiger partial charge in [0.25, 0.3) is 0 Å². The van der Waals surface area contributed by atoms with Crippen molar-refractivity contribution in [3.8, 4) is 5.75 Å². The van der Waals surface area contributed by atoms with Crippen LogP contribution in [0.25, 0.3) is 0 Å². The molecule has 1 aliphatic rings. The van der Waals surface area contributed by atoms with E-state index in [0.29, 0.717) is 29.7 Å². The van der Waals surface area contributed by atoms with Crippen LogP contribution in [0.15, 0.2) is 11.1 Å². The molecule has 3 nitrogen and oxygen atoms in total. The van der Waals surface area contributed by atoms with Crippen molar-refractivity contribution >= 4 is 17.7 Å². The zero-order chi connectivity index (χ0) is 13.3. The van der Waals surface area contributed by atoms with E-state index >= 15 is 0 Å². The van der Waals surface area contributed by atoms with Crippen molar-refractivity contribution in [1.82, 2.24) is 0 Å². The van der Waals surface area contributed by atoms with Gasteiger partial charge in [-0.2, -0.15) is 4.99 Å². The summed E-state index contributed by atoms with van der Waals surface area (Å²) in [5, 5.41) is -0.0175. The molecule has 0 spiro atoms. The van der Waals surface area contributed by atoms with Gasteiger partial charge in [0.2, 0.25) is 6.08 Å². The van der Waals surface area contributed by atoms with Crippen molar-refractivity contribution in [3.63, 3.8) is 0 Å². The molecule has 0 heterocycles. The number of methoxy groups -OCH3 is 1. The molecule has 0 N–H and O–H groups in total. The quantitative estimate of drug-likeness (QED) is 0.622. The average Bonchev–Trinajstić information content (AvgIpc) is 2.28. The predicted octanol–water partition coefficient (Wildman–Crippen LogP) is 3.51. The molecule has 0 atom stereocenters. The van der Waals surface area contributed by atoms with Gasteiger partial charge in [-0.25, -0.2) is 9.18 Å². The number of aliphatic imine (C=N–C) groups is 1. The number of nitrogens with zero attached hydrogens (tertiary/aromatic N) is 1. The number of ether oxygens (including phenoxy) is 1. The summed E-state index contributed by atoms with van der Waals surface area (Å²) in [4.78, 5) is 14.4. The van der Waals surface area contributed by atoms with Crippen LogP contribution in [0.1, 0.15) is 30.4 Å². The van der Waals surface area contributed by atoms with Crippen molar-refractivity contribution in [2.45, 2.75) is 31.7 Å². The number of rotatable bonds is 3. The predicted molar refractivity (Wildman–Crippen MR) is 66.3 cm³/mol. The Bertz CT molecular complexity index is 534. The smallest absolute Gasteiger partial charge is 0.235 e.